The summed E-state index contributed by atoms with van der Waals surface area (Å²) >= 11 is 6.25. The van der Waals surface area contributed by atoms with Crippen molar-refractivity contribution in [3.63, 3.8) is 0 Å². The summed E-state index contributed by atoms with van der Waals surface area (Å²) in [5.74, 6) is 0.625. The van der Waals surface area contributed by atoms with Crippen LogP contribution in [-0.4, -0.2) is 25.8 Å². The van der Waals surface area contributed by atoms with Crippen molar-refractivity contribution in [2.45, 2.75) is 31.8 Å². The molecule has 0 radical (unpaired) electrons. The molecular formula is C14H20ClNO2. The van der Waals surface area contributed by atoms with Gasteiger partial charge >= 0.3 is 0 Å². The van der Waals surface area contributed by atoms with Gasteiger partial charge in [-0.05, 0) is 49.9 Å². The van der Waals surface area contributed by atoms with Gasteiger partial charge in [0.2, 0.25) is 0 Å². The number of aliphatic hydroxyl groups excluding tert-OH is 1. The van der Waals surface area contributed by atoms with E-state index in [9.17, 15) is 5.11 Å². The minimum Gasteiger partial charge on any atom is -0.495 e. The third kappa shape index (κ3) is 2.48. The molecule has 2 rings (SSSR count). The standard InChI is InChI=1S/C14H20ClNO2/c1-16-8-12(17)13-10-6-4-3-5-9(10)7-11(15)14(13)18-2/h7,12,16-17H,3-6,8H2,1-2H3. The molecule has 0 saturated heterocycles. The lowest BCUT2D eigenvalue weighted by atomic mass is 9.86. The Morgan fingerprint density at radius 2 is 2.17 bits per heavy atom. The van der Waals surface area contributed by atoms with Gasteiger partial charge in [0, 0.05) is 12.1 Å². The number of benzene rings is 1. The van der Waals surface area contributed by atoms with Crippen molar-refractivity contribution in [2.24, 2.45) is 0 Å². The minimum atomic E-state index is -0.574. The van der Waals surface area contributed by atoms with E-state index in [1.54, 1.807) is 7.11 Å². The van der Waals surface area contributed by atoms with E-state index < -0.39 is 6.10 Å². The van der Waals surface area contributed by atoms with Crippen molar-refractivity contribution >= 4 is 11.6 Å². The molecule has 0 fully saturated rings. The lowest BCUT2D eigenvalue weighted by molar-refractivity contribution is 0.172. The monoisotopic (exact) mass is 269 g/mol. The van der Waals surface area contributed by atoms with Crippen LogP contribution >= 0.6 is 11.6 Å². The fourth-order valence-electron chi connectivity index (χ4n) is 2.74. The van der Waals surface area contributed by atoms with Crippen molar-refractivity contribution in [1.82, 2.24) is 5.32 Å². The van der Waals surface area contributed by atoms with E-state index in [1.807, 2.05) is 13.1 Å². The number of likely N-dealkylation sites (N-methyl/N-ethyl adjacent to an activating group) is 1. The number of nitrogens with one attached hydrogen (secondary N) is 1. The van der Waals surface area contributed by atoms with E-state index >= 15 is 0 Å². The summed E-state index contributed by atoms with van der Waals surface area (Å²) in [5.41, 5.74) is 3.36. The molecule has 1 aliphatic carbocycles. The number of aryl methyl sites for hydroxylation is 1. The number of methoxy groups -OCH3 is 1. The van der Waals surface area contributed by atoms with Crippen LogP contribution in [0.5, 0.6) is 5.75 Å². The number of aliphatic hydroxyl groups is 1. The second-order valence-corrected chi connectivity index (χ2v) is 5.13. The fourth-order valence-corrected chi connectivity index (χ4v) is 3.05. The number of rotatable bonds is 4. The van der Waals surface area contributed by atoms with Gasteiger partial charge in [0.1, 0.15) is 5.75 Å². The maximum Gasteiger partial charge on any atom is 0.143 e. The third-order valence-corrected chi connectivity index (χ3v) is 3.81. The Hall–Kier alpha value is -0.770. The molecule has 0 bridgehead atoms. The molecule has 0 spiro atoms. The first kappa shape index (κ1) is 13.7. The molecule has 100 valence electrons. The molecular weight excluding hydrogens is 250 g/mol. The second kappa shape index (κ2) is 5.91. The molecule has 1 aliphatic rings. The Bertz CT molecular complexity index is 434. The van der Waals surface area contributed by atoms with Gasteiger partial charge in [-0.25, -0.2) is 0 Å². The molecule has 3 nitrogen and oxygen atoms in total. The third-order valence-electron chi connectivity index (χ3n) is 3.53. The SMILES string of the molecule is CNCC(O)c1c2c(cc(Cl)c1OC)CCCC2. The van der Waals surface area contributed by atoms with Gasteiger partial charge < -0.3 is 15.2 Å². The highest BCUT2D eigenvalue weighted by molar-refractivity contribution is 6.32. The van der Waals surface area contributed by atoms with Crippen LogP contribution in [0, 0.1) is 0 Å². The topological polar surface area (TPSA) is 41.5 Å². The Labute approximate surface area is 113 Å². The predicted octanol–water partition coefficient (Wildman–Crippen LogP) is 2.48. The fraction of sp³-hybridized carbons (Fsp3) is 0.571. The first-order chi connectivity index (χ1) is 8.69. The van der Waals surface area contributed by atoms with E-state index in [0.717, 1.165) is 24.8 Å². The summed E-state index contributed by atoms with van der Waals surface area (Å²) in [6.45, 7) is 0.503. The van der Waals surface area contributed by atoms with Gasteiger partial charge in [0.15, 0.2) is 0 Å². The number of hydrogen-bond acceptors (Lipinski definition) is 3. The van der Waals surface area contributed by atoms with Gasteiger partial charge in [-0.2, -0.15) is 0 Å². The summed E-state index contributed by atoms with van der Waals surface area (Å²) in [7, 11) is 3.43. The molecule has 4 heteroatoms. The molecule has 1 unspecified atom stereocenters. The molecule has 2 N–H and O–H groups in total. The molecule has 0 saturated carbocycles. The largest absolute Gasteiger partial charge is 0.495 e. The second-order valence-electron chi connectivity index (χ2n) is 4.72. The molecule has 0 amide bonds. The predicted molar refractivity (Wildman–Crippen MR) is 73.5 cm³/mol. The Kier molecular flexibility index (Phi) is 4.49. The van der Waals surface area contributed by atoms with E-state index in [4.69, 9.17) is 16.3 Å². The quantitative estimate of drug-likeness (QED) is 0.882. The lowest BCUT2D eigenvalue weighted by Gasteiger charge is -2.25. The molecule has 0 aliphatic heterocycles. The molecule has 0 heterocycles. The van der Waals surface area contributed by atoms with Crippen LogP contribution in [0.15, 0.2) is 6.07 Å². The Morgan fingerprint density at radius 3 is 2.83 bits per heavy atom. The summed E-state index contributed by atoms with van der Waals surface area (Å²) in [4.78, 5) is 0. The maximum atomic E-state index is 10.3. The molecule has 18 heavy (non-hydrogen) atoms. The van der Waals surface area contributed by atoms with E-state index in [-0.39, 0.29) is 0 Å². The molecule has 1 atom stereocenters. The van der Waals surface area contributed by atoms with Gasteiger partial charge in [0.25, 0.3) is 0 Å². The van der Waals surface area contributed by atoms with Gasteiger partial charge in [-0.3, -0.25) is 0 Å². The normalized spacial score (nSPS) is 16.2. The minimum absolute atomic E-state index is 0.503. The zero-order chi connectivity index (χ0) is 13.1. The average Bonchev–Trinajstić information content (AvgIpc) is 2.37. The highest BCUT2D eigenvalue weighted by atomic mass is 35.5. The number of halogens is 1. The summed E-state index contributed by atoms with van der Waals surface area (Å²) < 4.78 is 5.39. The summed E-state index contributed by atoms with van der Waals surface area (Å²) in [6.07, 6.45) is 3.82. The number of fused-ring (bicyclic) bond motifs is 1. The molecule has 0 aromatic heterocycles. The lowest BCUT2D eigenvalue weighted by Crippen LogP contribution is -2.20. The van der Waals surface area contributed by atoms with Crippen LogP contribution in [0.4, 0.5) is 0 Å². The van der Waals surface area contributed by atoms with Crippen molar-refractivity contribution in [1.29, 1.82) is 0 Å². The van der Waals surface area contributed by atoms with Crippen LogP contribution in [0.3, 0.4) is 0 Å². The molecule has 1 aromatic rings. The summed E-state index contributed by atoms with van der Waals surface area (Å²) in [6, 6.07) is 1.99. The van der Waals surface area contributed by atoms with Crippen LogP contribution in [0.2, 0.25) is 5.02 Å². The Balaban J connectivity index is 2.54. The van der Waals surface area contributed by atoms with E-state index in [1.165, 1.54) is 17.5 Å². The molecule has 1 aromatic carbocycles. The zero-order valence-corrected chi connectivity index (χ0v) is 11.7. The zero-order valence-electron chi connectivity index (χ0n) is 10.9. The van der Waals surface area contributed by atoms with Crippen LogP contribution in [0.25, 0.3) is 0 Å². The smallest absolute Gasteiger partial charge is 0.143 e. The van der Waals surface area contributed by atoms with Crippen molar-refractivity contribution in [3.05, 3.63) is 27.8 Å². The van der Waals surface area contributed by atoms with Gasteiger partial charge in [0.05, 0.1) is 18.2 Å². The Morgan fingerprint density at radius 1 is 1.44 bits per heavy atom. The van der Waals surface area contributed by atoms with E-state index in [0.29, 0.717) is 17.3 Å². The van der Waals surface area contributed by atoms with Gasteiger partial charge in [-0.1, -0.05) is 11.6 Å². The average molecular weight is 270 g/mol. The number of ether oxygens (including phenoxy) is 1. The first-order valence-corrected chi connectivity index (χ1v) is 6.77. The highest BCUT2D eigenvalue weighted by Gasteiger charge is 2.24. The van der Waals surface area contributed by atoms with Crippen molar-refractivity contribution in [2.75, 3.05) is 20.7 Å². The van der Waals surface area contributed by atoms with Crippen LogP contribution in [-0.2, 0) is 12.8 Å². The van der Waals surface area contributed by atoms with Crippen molar-refractivity contribution in [3.8, 4) is 5.75 Å². The number of hydrogen-bond donors (Lipinski definition) is 2. The van der Waals surface area contributed by atoms with E-state index in [2.05, 4.69) is 5.32 Å². The first-order valence-electron chi connectivity index (χ1n) is 6.39. The van der Waals surface area contributed by atoms with Crippen LogP contribution < -0.4 is 10.1 Å². The van der Waals surface area contributed by atoms with Gasteiger partial charge in [-0.15, -0.1) is 0 Å². The van der Waals surface area contributed by atoms with Crippen molar-refractivity contribution < 1.29 is 9.84 Å². The highest BCUT2D eigenvalue weighted by Crippen LogP contribution is 2.40. The van der Waals surface area contributed by atoms with Crippen LogP contribution in [0.1, 0.15) is 35.6 Å². The summed E-state index contributed by atoms with van der Waals surface area (Å²) in [5, 5.41) is 13.9. The maximum absolute atomic E-state index is 10.3.